The monoisotopic (exact) mass is 223 g/mol. The molecule has 1 aromatic heterocycles. The van der Waals surface area contributed by atoms with Gasteiger partial charge in [-0.2, -0.15) is 0 Å². The molecule has 1 aromatic rings. The fourth-order valence-corrected chi connectivity index (χ4v) is 1.42. The van der Waals surface area contributed by atoms with Crippen molar-refractivity contribution in [2.24, 2.45) is 11.7 Å². The van der Waals surface area contributed by atoms with Gasteiger partial charge in [0.25, 0.3) is 0 Å². The number of carbonyl (C=O) groups excluding carboxylic acids is 1. The van der Waals surface area contributed by atoms with Crippen LogP contribution in [-0.2, 0) is 11.2 Å². The minimum atomic E-state index is -0.246. The van der Waals surface area contributed by atoms with Crippen molar-refractivity contribution in [2.45, 2.75) is 6.42 Å². The largest absolute Gasteiger partial charge is 0.481 e. The number of pyridine rings is 1. The number of nitrogens with one attached hydrogen (secondary N) is 1. The third-order valence-electron chi connectivity index (χ3n) is 2.35. The number of carbonyl (C=O) groups is 1. The van der Waals surface area contributed by atoms with Gasteiger partial charge in [-0.1, -0.05) is 6.07 Å². The predicted octanol–water partition coefficient (Wildman–Crippen LogP) is -0.0464. The average molecular weight is 223 g/mol. The number of hydrogen-bond donors (Lipinski definition) is 2. The highest BCUT2D eigenvalue weighted by Gasteiger charge is 2.16. The van der Waals surface area contributed by atoms with Crippen LogP contribution in [0.5, 0.6) is 5.88 Å². The molecule has 5 nitrogen and oxygen atoms in total. The van der Waals surface area contributed by atoms with Crippen molar-refractivity contribution >= 4 is 5.91 Å². The van der Waals surface area contributed by atoms with E-state index in [0.29, 0.717) is 18.8 Å². The Balaban J connectivity index is 2.73. The summed E-state index contributed by atoms with van der Waals surface area (Å²) in [6.07, 6.45) is 0.521. The van der Waals surface area contributed by atoms with E-state index in [2.05, 4.69) is 10.3 Å². The van der Waals surface area contributed by atoms with Crippen molar-refractivity contribution in [1.82, 2.24) is 10.3 Å². The molecule has 1 atom stereocenters. The van der Waals surface area contributed by atoms with Crippen LogP contribution in [0.25, 0.3) is 0 Å². The highest BCUT2D eigenvalue weighted by Crippen LogP contribution is 2.10. The molecule has 1 rings (SSSR count). The standard InChI is InChI=1S/C11H17N3O2/c1-13-11(15)8(7-12)6-9-4-3-5-10(14-9)16-2/h3-5,8H,6-7,12H2,1-2H3,(H,13,15). The Morgan fingerprint density at radius 2 is 2.38 bits per heavy atom. The summed E-state index contributed by atoms with van der Waals surface area (Å²) >= 11 is 0. The maximum absolute atomic E-state index is 11.5. The number of nitrogens with two attached hydrogens (primary N) is 1. The van der Waals surface area contributed by atoms with Crippen LogP contribution in [-0.4, -0.2) is 31.6 Å². The molecule has 1 heterocycles. The summed E-state index contributed by atoms with van der Waals surface area (Å²) in [5, 5.41) is 2.59. The number of amides is 1. The molecule has 0 aliphatic carbocycles. The molecule has 0 aromatic carbocycles. The lowest BCUT2D eigenvalue weighted by Crippen LogP contribution is -2.34. The molecule has 16 heavy (non-hydrogen) atoms. The Morgan fingerprint density at radius 3 is 2.94 bits per heavy atom. The Morgan fingerprint density at radius 1 is 1.62 bits per heavy atom. The van der Waals surface area contributed by atoms with E-state index in [4.69, 9.17) is 10.5 Å². The van der Waals surface area contributed by atoms with E-state index in [0.717, 1.165) is 5.69 Å². The van der Waals surface area contributed by atoms with E-state index in [-0.39, 0.29) is 11.8 Å². The molecule has 0 spiro atoms. The third kappa shape index (κ3) is 3.20. The van der Waals surface area contributed by atoms with Gasteiger partial charge in [-0.05, 0) is 6.07 Å². The van der Waals surface area contributed by atoms with Crippen LogP contribution in [0.1, 0.15) is 5.69 Å². The lowest BCUT2D eigenvalue weighted by atomic mass is 10.0. The second kappa shape index (κ2) is 6.07. The first-order valence-corrected chi connectivity index (χ1v) is 5.12. The van der Waals surface area contributed by atoms with Crippen molar-refractivity contribution < 1.29 is 9.53 Å². The Kier molecular flexibility index (Phi) is 4.72. The number of methoxy groups -OCH3 is 1. The van der Waals surface area contributed by atoms with Crippen molar-refractivity contribution in [3.63, 3.8) is 0 Å². The van der Waals surface area contributed by atoms with Gasteiger partial charge in [0, 0.05) is 31.8 Å². The molecule has 0 saturated heterocycles. The van der Waals surface area contributed by atoms with Gasteiger partial charge >= 0.3 is 0 Å². The lowest BCUT2D eigenvalue weighted by molar-refractivity contribution is -0.124. The van der Waals surface area contributed by atoms with Crippen LogP contribution >= 0.6 is 0 Å². The normalized spacial score (nSPS) is 11.9. The van der Waals surface area contributed by atoms with Crippen molar-refractivity contribution in [1.29, 1.82) is 0 Å². The van der Waals surface area contributed by atoms with E-state index < -0.39 is 0 Å². The predicted molar refractivity (Wildman–Crippen MR) is 61.1 cm³/mol. The van der Waals surface area contributed by atoms with Crippen LogP contribution in [0.3, 0.4) is 0 Å². The molecule has 1 unspecified atom stereocenters. The maximum Gasteiger partial charge on any atom is 0.224 e. The Labute approximate surface area is 95.0 Å². The fraction of sp³-hybridized carbons (Fsp3) is 0.455. The second-order valence-corrected chi connectivity index (χ2v) is 3.42. The number of aromatic nitrogens is 1. The van der Waals surface area contributed by atoms with Gasteiger partial charge in [0.05, 0.1) is 13.0 Å². The first-order chi connectivity index (χ1) is 7.71. The maximum atomic E-state index is 11.5. The van der Waals surface area contributed by atoms with Crippen molar-refractivity contribution in [3.8, 4) is 5.88 Å². The van der Waals surface area contributed by atoms with Gasteiger partial charge in [0.15, 0.2) is 0 Å². The zero-order chi connectivity index (χ0) is 12.0. The number of nitrogens with zero attached hydrogens (tertiary/aromatic N) is 1. The van der Waals surface area contributed by atoms with Gasteiger partial charge < -0.3 is 15.8 Å². The summed E-state index contributed by atoms with van der Waals surface area (Å²) in [4.78, 5) is 15.7. The number of ether oxygens (including phenoxy) is 1. The van der Waals surface area contributed by atoms with Crippen LogP contribution in [0.2, 0.25) is 0 Å². The number of rotatable bonds is 5. The SMILES string of the molecule is CNC(=O)C(CN)Cc1cccc(OC)n1. The third-order valence-corrected chi connectivity index (χ3v) is 2.35. The molecule has 88 valence electrons. The molecule has 1 amide bonds. The van der Waals surface area contributed by atoms with Crippen molar-refractivity contribution in [3.05, 3.63) is 23.9 Å². The fourth-order valence-electron chi connectivity index (χ4n) is 1.42. The van der Waals surface area contributed by atoms with E-state index in [1.54, 1.807) is 20.2 Å². The van der Waals surface area contributed by atoms with E-state index in [1.807, 2.05) is 12.1 Å². The summed E-state index contributed by atoms with van der Waals surface area (Å²) in [6.45, 7) is 0.304. The average Bonchev–Trinajstić information content (AvgIpc) is 2.35. The zero-order valence-corrected chi connectivity index (χ0v) is 9.56. The van der Waals surface area contributed by atoms with Gasteiger partial charge in [-0.15, -0.1) is 0 Å². The van der Waals surface area contributed by atoms with Crippen LogP contribution in [0, 0.1) is 5.92 Å². The summed E-state index contributed by atoms with van der Waals surface area (Å²) < 4.78 is 5.01. The molecule has 0 bridgehead atoms. The highest BCUT2D eigenvalue weighted by atomic mass is 16.5. The topological polar surface area (TPSA) is 77.2 Å². The molecule has 0 saturated carbocycles. The molecule has 0 fully saturated rings. The molecule has 0 aliphatic rings. The summed E-state index contributed by atoms with van der Waals surface area (Å²) in [6, 6.07) is 5.47. The molecular weight excluding hydrogens is 206 g/mol. The Bertz CT molecular complexity index is 355. The molecular formula is C11H17N3O2. The van der Waals surface area contributed by atoms with Gasteiger partial charge in [-0.3, -0.25) is 4.79 Å². The highest BCUT2D eigenvalue weighted by molar-refractivity contribution is 5.78. The smallest absolute Gasteiger partial charge is 0.224 e. The van der Waals surface area contributed by atoms with Gasteiger partial charge in [-0.25, -0.2) is 4.98 Å². The summed E-state index contributed by atoms with van der Waals surface area (Å²) in [7, 11) is 3.16. The van der Waals surface area contributed by atoms with Crippen molar-refractivity contribution in [2.75, 3.05) is 20.7 Å². The zero-order valence-electron chi connectivity index (χ0n) is 9.56. The molecule has 3 N–H and O–H groups in total. The van der Waals surface area contributed by atoms with E-state index in [1.165, 1.54) is 0 Å². The summed E-state index contributed by atoms with van der Waals surface area (Å²) in [5.74, 6) is 0.238. The Hall–Kier alpha value is -1.62. The quantitative estimate of drug-likeness (QED) is 0.734. The van der Waals surface area contributed by atoms with E-state index in [9.17, 15) is 4.79 Å². The van der Waals surface area contributed by atoms with Crippen LogP contribution in [0.15, 0.2) is 18.2 Å². The van der Waals surface area contributed by atoms with Gasteiger partial charge in [0.2, 0.25) is 11.8 Å². The first kappa shape index (κ1) is 12.4. The second-order valence-electron chi connectivity index (χ2n) is 3.42. The lowest BCUT2D eigenvalue weighted by Gasteiger charge is -2.12. The summed E-state index contributed by atoms with van der Waals surface area (Å²) in [5.41, 5.74) is 6.35. The van der Waals surface area contributed by atoms with Crippen LogP contribution < -0.4 is 15.8 Å². The van der Waals surface area contributed by atoms with Crippen LogP contribution in [0.4, 0.5) is 0 Å². The number of hydrogen-bond acceptors (Lipinski definition) is 4. The van der Waals surface area contributed by atoms with Gasteiger partial charge in [0.1, 0.15) is 0 Å². The molecule has 0 radical (unpaired) electrons. The molecule has 0 aliphatic heterocycles. The minimum absolute atomic E-state index is 0.0629. The minimum Gasteiger partial charge on any atom is -0.481 e. The molecule has 5 heteroatoms. The van der Waals surface area contributed by atoms with E-state index >= 15 is 0 Å². The first-order valence-electron chi connectivity index (χ1n) is 5.12.